The minimum atomic E-state index is -3.45. The van der Waals surface area contributed by atoms with Crippen LogP contribution in [0.1, 0.15) is 36.5 Å². The summed E-state index contributed by atoms with van der Waals surface area (Å²) in [7, 11) is -3.45. The van der Waals surface area contributed by atoms with Crippen LogP contribution >= 0.6 is 0 Å². The molecule has 3 heterocycles. The number of ether oxygens (including phenoxy) is 1. The largest absolute Gasteiger partial charge is 0.395 e. The van der Waals surface area contributed by atoms with E-state index in [-0.39, 0.29) is 43.8 Å². The molecule has 45 heavy (non-hydrogen) atoms. The average molecular weight is 630 g/mol. The fourth-order valence-corrected chi connectivity index (χ4v) is 9.92. The van der Waals surface area contributed by atoms with Gasteiger partial charge >= 0.3 is 0 Å². The molecule has 0 unspecified atom stereocenters. The Hall–Kier alpha value is -3.86. The highest BCUT2D eigenvalue weighted by molar-refractivity contribution is 6.72. The number of benzene rings is 3. The number of fused-ring (bicyclic) bond motifs is 2. The molecule has 3 aromatic carbocycles. The molecule has 2 saturated heterocycles. The average Bonchev–Trinajstić information content (AvgIpc) is 3.44. The molecular formula is C35H40FN3O5Si. The lowest BCUT2D eigenvalue weighted by Crippen LogP contribution is -2.45. The van der Waals surface area contributed by atoms with E-state index in [0.717, 1.165) is 16.8 Å². The first kappa shape index (κ1) is 31.1. The molecule has 236 valence electrons. The van der Waals surface area contributed by atoms with Crippen LogP contribution in [0.2, 0.25) is 18.6 Å². The number of carbonyl (C=O) groups is 3. The molecule has 8 nitrogen and oxygen atoms in total. The van der Waals surface area contributed by atoms with Gasteiger partial charge in [-0.2, -0.15) is 0 Å². The van der Waals surface area contributed by atoms with Crippen molar-refractivity contribution in [1.82, 2.24) is 4.90 Å². The first-order valence-electron chi connectivity index (χ1n) is 15.6. The third-order valence-corrected chi connectivity index (χ3v) is 12.1. The fourth-order valence-electron chi connectivity index (χ4n) is 7.43. The highest BCUT2D eigenvalue weighted by atomic mass is 28.4. The molecule has 10 heteroatoms. The normalized spacial score (nSPS) is 24.2. The second kappa shape index (κ2) is 12.1. The predicted molar refractivity (Wildman–Crippen MR) is 173 cm³/mol. The van der Waals surface area contributed by atoms with Crippen LogP contribution < -0.4 is 9.80 Å². The van der Waals surface area contributed by atoms with Gasteiger partial charge in [-0.05, 0) is 42.4 Å². The van der Waals surface area contributed by atoms with Crippen LogP contribution in [0.15, 0.2) is 78.9 Å². The standard InChI is InChI=1S/C35H40FN3O5Si/c1-24-33(45(2,3)36)30(21-32(42)37(19-20-40)22-25-9-5-4-6-10-25)44-35(24)28-11-7-8-12-29(28)39(34(35)43)23-26-13-15-27(16-14-26)38-18-17-31(38)41/h4-16,24,30,33,40H,17-23H2,1-3H3/t24-,30+,33-,35+/m0/s1. The Morgan fingerprint density at radius 2 is 1.71 bits per heavy atom. The molecule has 3 amide bonds. The second-order valence-corrected chi connectivity index (χ2v) is 16.7. The SMILES string of the molecule is C[C@H]1[C@H]([Si](C)(C)F)[C@@H](CC(=O)N(CCO)Cc2ccccc2)O[C@]12C(=O)N(Cc1ccc(N3CCC3=O)cc1)c1ccccc12. The summed E-state index contributed by atoms with van der Waals surface area (Å²) < 4.78 is 23.0. The lowest BCUT2D eigenvalue weighted by atomic mass is 9.82. The van der Waals surface area contributed by atoms with Crippen molar-refractivity contribution in [2.24, 2.45) is 5.92 Å². The van der Waals surface area contributed by atoms with Crippen molar-refractivity contribution in [1.29, 1.82) is 0 Å². The van der Waals surface area contributed by atoms with E-state index in [1.807, 2.05) is 85.8 Å². The number of para-hydroxylation sites is 1. The first-order chi connectivity index (χ1) is 21.5. The van der Waals surface area contributed by atoms with Gasteiger partial charge in [0.1, 0.15) is 0 Å². The maximum atomic E-state index is 16.2. The summed E-state index contributed by atoms with van der Waals surface area (Å²) in [4.78, 5) is 45.2. The zero-order valence-corrected chi connectivity index (χ0v) is 27.0. The molecule has 2 fully saturated rings. The molecule has 1 N–H and O–H groups in total. The van der Waals surface area contributed by atoms with Crippen molar-refractivity contribution >= 4 is 37.5 Å². The zero-order chi connectivity index (χ0) is 31.9. The Morgan fingerprint density at radius 1 is 1.02 bits per heavy atom. The van der Waals surface area contributed by atoms with Crippen LogP contribution in [0.25, 0.3) is 0 Å². The lowest BCUT2D eigenvalue weighted by Gasteiger charge is -2.31. The van der Waals surface area contributed by atoms with Gasteiger partial charge in [0.05, 0.1) is 31.4 Å². The van der Waals surface area contributed by atoms with Gasteiger partial charge in [-0.25, -0.2) is 0 Å². The molecule has 1 spiro atoms. The van der Waals surface area contributed by atoms with Crippen LogP contribution in [0.4, 0.5) is 15.5 Å². The number of aliphatic hydroxyl groups excluding tert-OH is 1. The van der Waals surface area contributed by atoms with Crippen LogP contribution in [-0.4, -0.2) is 61.9 Å². The number of carbonyl (C=O) groups excluding carboxylic acids is 3. The Balaban J connectivity index is 1.29. The van der Waals surface area contributed by atoms with Gasteiger partial charge in [-0.3, -0.25) is 14.4 Å². The van der Waals surface area contributed by atoms with Crippen LogP contribution in [0, 0.1) is 5.92 Å². The van der Waals surface area contributed by atoms with Crippen LogP contribution in [-0.2, 0) is 37.8 Å². The number of rotatable bonds is 10. The van der Waals surface area contributed by atoms with E-state index in [2.05, 4.69) is 0 Å². The first-order valence-corrected chi connectivity index (χ1v) is 18.6. The Kier molecular flexibility index (Phi) is 8.40. The van der Waals surface area contributed by atoms with Gasteiger partial charge in [0.2, 0.25) is 20.2 Å². The number of β-lactam (4-membered cyclic amide) rings is 1. The number of nitrogens with zero attached hydrogens (tertiary/aromatic N) is 3. The summed E-state index contributed by atoms with van der Waals surface area (Å²) >= 11 is 0. The highest BCUT2D eigenvalue weighted by Crippen LogP contribution is 2.60. The quantitative estimate of drug-likeness (QED) is 0.190. The van der Waals surface area contributed by atoms with Crippen LogP contribution in [0.3, 0.4) is 0 Å². The number of amides is 3. The Labute approximate surface area is 264 Å². The highest BCUT2D eigenvalue weighted by Gasteiger charge is 2.67. The third kappa shape index (κ3) is 5.60. The number of hydrogen-bond donors (Lipinski definition) is 1. The predicted octanol–water partition coefficient (Wildman–Crippen LogP) is 5.16. The molecule has 4 atom stereocenters. The third-order valence-electron chi connectivity index (χ3n) is 9.62. The summed E-state index contributed by atoms with van der Waals surface area (Å²) in [6, 6.07) is 24.7. The lowest BCUT2D eigenvalue weighted by molar-refractivity contribution is -0.150. The molecule has 0 bridgehead atoms. The number of halogens is 1. The Morgan fingerprint density at radius 3 is 2.33 bits per heavy atom. The van der Waals surface area contributed by atoms with E-state index in [4.69, 9.17) is 4.74 Å². The minimum absolute atomic E-state index is 0.0872. The van der Waals surface area contributed by atoms with Crippen molar-refractivity contribution < 1.29 is 28.3 Å². The molecule has 0 radical (unpaired) electrons. The number of anilines is 2. The topological polar surface area (TPSA) is 90.4 Å². The van der Waals surface area contributed by atoms with Gasteiger partial charge in [-0.15, -0.1) is 0 Å². The van der Waals surface area contributed by atoms with Crippen molar-refractivity contribution in [3.63, 3.8) is 0 Å². The summed E-state index contributed by atoms with van der Waals surface area (Å²) in [6.45, 7) is 6.37. The monoisotopic (exact) mass is 629 g/mol. The number of aliphatic hydroxyl groups is 1. The minimum Gasteiger partial charge on any atom is -0.395 e. The van der Waals surface area contributed by atoms with Gasteiger partial charge in [0.25, 0.3) is 5.91 Å². The summed E-state index contributed by atoms with van der Waals surface area (Å²) in [5, 5.41) is 9.73. The van der Waals surface area contributed by atoms with Crippen molar-refractivity contribution in [3.8, 4) is 0 Å². The maximum Gasteiger partial charge on any atom is 0.264 e. The van der Waals surface area contributed by atoms with Crippen LogP contribution in [0.5, 0.6) is 0 Å². The van der Waals surface area contributed by atoms with Gasteiger partial charge in [0, 0.05) is 48.8 Å². The zero-order valence-electron chi connectivity index (χ0n) is 26.0. The summed E-state index contributed by atoms with van der Waals surface area (Å²) in [5.74, 6) is -0.919. The van der Waals surface area contributed by atoms with E-state index in [1.54, 1.807) is 27.8 Å². The fraction of sp³-hybridized carbons (Fsp3) is 0.400. The van der Waals surface area contributed by atoms with Gasteiger partial charge in [-0.1, -0.05) is 67.6 Å². The molecule has 0 aromatic heterocycles. The van der Waals surface area contributed by atoms with E-state index < -0.39 is 31.6 Å². The van der Waals surface area contributed by atoms with Crippen molar-refractivity contribution in [3.05, 3.63) is 95.6 Å². The van der Waals surface area contributed by atoms with Crippen molar-refractivity contribution in [2.75, 3.05) is 29.5 Å². The Bertz CT molecular complexity index is 1580. The number of hydrogen-bond acceptors (Lipinski definition) is 5. The molecule has 0 aliphatic carbocycles. The molecule has 3 aromatic rings. The smallest absolute Gasteiger partial charge is 0.264 e. The van der Waals surface area contributed by atoms with E-state index >= 15 is 4.11 Å². The molecule has 3 aliphatic heterocycles. The molecule has 3 aliphatic rings. The van der Waals surface area contributed by atoms with E-state index in [1.165, 1.54) is 0 Å². The summed E-state index contributed by atoms with van der Waals surface area (Å²) in [5.41, 5.74) is 2.02. The van der Waals surface area contributed by atoms with Gasteiger partial charge in [0.15, 0.2) is 5.60 Å². The summed E-state index contributed by atoms with van der Waals surface area (Å²) in [6.07, 6.45) is -0.336. The molecule has 6 rings (SSSR count). The van der Waals surface area contributed by atoms with E-state index in [9.17, 15) is 19.5 Å². The molecule has 0 saturated carbocycles. The van der Waals surface area contributed by atoms with Gasteiger partial charge < -0.3 is 28.7 Å². The maximum absolute atomic E-state index is 16.2. The van der Waals surface area contributed by atoms with Crippen molar-refractivity contribution in [2.45, 2.75) is 63.2 Å². The molecular weight excluding hydrogens is 589 g/mol. The second-order valence-electron chi connectivity index (χ2n) is 12.9. The van der Waals surface area contributed by atoms with E-state index in [0.29, 0.717) is 30.8 Å².